The van der Waals surface area contributed by atoms with Gasteiger partial charge in [0, 0.05) is 5.39 Å². The zero-order valence-electron chi connectivity index (χ0n) is 16.3. The SMILES string of the molecule is C=CCCC1CCC(c2ccc3c(F)c(CCCCC)ccc3c2)CC1. The molecule has 1 aliphatic carbocycles. The first-order valence-electron chi connectivity index (χ1n) is 10.5. The molecule has 26 heavy (non-hydrogen) atoms. The van der Waals surface area contributed by atoms with Crippen molar-refractivity contribution in [3.63, 3.8) is 0 Å². The maximum Gasteiger partial charge on any atom is 0.134 e. The average molecular weight is 353 g/mol. The number of hydrogen-bond donors (Lipinski definition) is 0. The predicted octanol–water partition coefficient (Wildman–Crippen LogP) is 7.95. The molecule has 2 aromatic rings. The minimum Gasteiger partial charge on any atom is -0.206 e. The van der Waals surface area contributed by atoms with E-state index in [4.69, 9.17) is 0 Å². The summed E-state index contributed by atoms with van der Waals surface area (Å²) >= 11 is 0. The number of halogens is 1. The summed E-state index contributed by atoms with van der Waals surface area (Å²) < 4.78 is 14.8. The summed E-state index contributed by atoms with van der Waals surface area (Å²) in [4.78, 5) is 0. The van der Waals surface area contributed by atoms with E-state index in [2.05, 4.69) is 31.7 Å². The first-order chi connectivity index (χ1) is 12.7. The molecule has 1 saturated carbocycles. The van der Waals surface area contributed by atoms with Crippen LogP contribution in [0.3, 0.4) is 0 Å². The molecule has 0 nitrogen and oxygen atoms in total. The minimum absolute atomic E-state index is 0.00159. The van der Waals surface area contributed by atoms with Crippen molar-refractivity contribution in [2.75, 3.05) is 0 Å². The maximum atomic E-state index is 14.8. The number of aryl methyl sites for hydroxylation is 1. The van der Waals surface area contributed by atoms with Crippen molar-refractivity contribution in [1.82, 2.24) is 0 Å². The van der Waals surface area contributed by atoms with Crippen molar-refractivity contribution >= 4 is 10.8 Å². The lowest BCUT2D eigenvalue weighted by Gasteiger charge is -2.28. The Hall–Kier alpha value is -1.63. The van der Waals surface area contributed by atoms with Crippen LogP contribution < -0.4 is 0 Å². The highest BCUT2D eigenvalue weighted by Crippen LogP contribution is 2.38. The Kier molecular flexibility index (Phi) is 6.88. The third-order valence-corrected chi connectivity index (χ3v) is 6.20. The van der Waals surface area contributed by atoms with Gasteiger partial charge in [0.2, 0.25) is 0 Å². The Balaban J connectivity index is 1.70. The second kappa shape index (κ2) is 9.35. The molecule has 0 amide bonds. The Bertz CT molecular complexity index is 722. The fraction of sp³-hybridized carbons (Fsp3) is 0.520. The third kappa shape index (κ3) is 4.55. The van der Waals surface area contributed by atoms with E-state index in [9.17, 15) is 4.39 Å². The molecular formula is C25H33F. The summed E-state index contributed by atoms with van der Waals surface area (Å²) in [5, 5.41) is 1.86. The monoisotopic (exact) mass is 352 g/mol. The molecule has 0 aliphatic heterocycles. The highest BCUT2D eigenvalue weighted by Gasteiger charge is 2.22. The Morgan fingerprint density at radius 1 is 1.08 bits per heavy atom. The van der Waals surface area contributed by atoms with Crippen LogP contribution in [0.25, 0.3) is 10.8 Å². The number of unbranched alkanes of at least 4 members (excludes halogenated alkanes) is 2. The van der Waals surface area contributed by atoms with Crippen LogP contribution >= 0.6 is 0 Å². The Labute approximate surface area is 158 Å². The van der Waals surface area contributed by atoms with Gasteiger partial charge in [-0.05, 0) is 79.7 Å². The normalized spacial score (nSPS) is 20.4. The van der Waals surface area contributed by atoms with Gasteiger partial charge < -0.3 is 0 Å². The number of benzene rings is 2. The summed E-state index contributed by atoms with van der Waals surface area (Å²) in [5.74, 6) is 1.51. The van der Waals surface area contributed by atoms with Crippen LogP contribution in [0.4, 0.5) is 4.39 Å². The number of allylic oxidation sites excluding steroid dienone is 1. The zero-order chi connectivity index (χ0) is 18.4. The van der Waals surface area contributed by atoms with Crippen LogP contribution in [0.15, 0.2) is 43.0 Å². The van der Waals surface area contributed by atoms with Crippen molar-refractivity contribution in [2.45, 2.75) is 77.0 Å². The van der Waals surface area contributed by atoms with Gasteiger partial charge in [0.15, 0.2) is 0 Å². The quantitative estimate of drug-likeness (QED) is 0.334. The Morgan fingerprint density at radius 2 is 1.88 bits per heavy atom. The smallest absolute Gasteiger partial charge is 0.134 e. The van der Waals surface area contributed by atoms with E-state index in [-0.39, 0.29) is 5.82 Å². The first kappa shape index (κ1) is 19.1. The number of rotatable bonds is 8. The molecular weight excluding hydrogens is 319 g/mol. The van der Waals surface area contributed by atoms with Gasteiger partial charge in [-0.15, -0.1) is 6.58 Å². The lowest BCUT2D eigenvalue weighted by atomic mass is 9.77. The third-order valence-electron chi connectivity index (χ3n) is 6.20. The largest absolute Gasteiger partial charge is 0.206 e. The van der Waals surface area contributed by atoms with Crippen molar-refractivity contribution in [3.05, 3.63) is 59.9 Å². The second-order valence-corrected chi connectivity index (χ2v) is 8.06. The molecule has 2 aromatic carbocycles. The van der Waals surface area contributed by atoms with Crippen LogP contribution in [0.5, 0.6) is 0 Å². The fourth-order valence-corrected chi connectivity index (χ4v) is 4.51. The van der Waals surface area contributed by atoms with Crippen LogP contribution in [-0.4, -0.2) is 0 Å². The van der Waals surface area contributed by atoms with E-state index >= 15 is 0 Å². The van der Waals surface area contributed by atoms with Crippen LogP contribution in [0.1, 0.15) is 81.8 Å². The summed E-state index contributed by atoms with van der Waals surface area (Å²) in [6.45, 7) is 6.03. The maximum absolute atomic E-state index is 14.8. The molecule has 0 aromatic heterocycles. The summed E-state index contributed by atoms with van der Waals surface area (Å²) in [6.07, 6.45) is 13.9. The highest BCUT2D eigenvalue weighted by atomic mass is 19.1. The molecule has 3 rings (SSSR count). The molecule has 0 saturated heterocycles. The van der Waals surface area contributed by atoms with Crippen LogP contribution in [-0.2, 0) is 6.42 Å². The van der Waals surface area contributed by atoms with Crippen molar-refractivity contribution in [1.29, 1.82) is 0 Å². The lowest BCUT2D eigenvalue weighted by molar-refractivity contribution is 0.312. The summed E-state index contributed by atoms with van der Waals surface area (Å²) in [5.41, 5.74) is 2.28. The highest BCUT2D eigenvalue weighted by molar-refractivity contribution is 5.84. The zero-order valence-corrected chi connectivity index (χ0v) is 16.3. The molecule has 0 atom stereocenters. The molecule has 0 radical (unpaired) electrons. The predicted molar refractivity (Wildman–Crippen MR) is 111 cm³/mol. The van der Waals surface area contributed by atoms with Gasteiger partial charge in [-0.1, -0.05) is 56.2 Å². The number of fused-ring (bicyclic) bond motifs is 1. The first-order valence-corrected chi connectivity index (χ1v) is 10.5. The number of hydrogen-bond acceptors (Lipinski definition) is 0. The van der Waals surface area contributed by atoms with Gasteiger partial charge in [-0.25, -0.2) is 4.39 Å². The fourth-order valence-electron chi connectivity index (χ4n) is 4.51. The topological polar surface area (TPSA) is 0 Å². The summed E-state index contributed by atoms with van der Waals surface area (Å²) in [7, 11) is 0. The van der Waals surface area contributed by atoms with Gasteiger partial charge in [0.05, 0.1) is 0 Å². The second-order valence-electron chi connectivity index (χ2n) is 8.06. The molecule has 1 aliphatic rings. The van der Waals surface area contributed by atoms with E-state index in [0.717, 1.165) is 41.5 Å². The molecule has 1 fully saturated rings. The lowest BCUT2D eigenvalue weighted by Crippen LogP contribution is -2.13. The molecule has 0 spiro atoms. The molecule has 1 heteroatoms. The van der Waals surface area contributed by atoms with E-state index in [1.807, 2.05) is 18.2 Å². The Morgan fingerprint density at radius 3 is 2.62 bits per heavy atom. The van der Waals surface area contributed by atoms with Gasteiger partial charge in [0.1, 0.15) is 5.82 Å². The van der Waals surface area contributed by atoms with Crippen LogP contribution in [0, 0.1) is 11.7 Å². The molecule has 0 unspecified atom stereocenters. The van der Waals surface area contributed by atoms with Gasteiger partial charge >= 0.3 is 0 Å². The van der Waals surface area contributed by atoms with Crippen molar-refractivity contribution in [3.8, 4) is 0 Å². The molecule has 0 N–H and O–H groups in total. The van der Waals surface area contributed by atoms with Gasteiger partial charge in [-0.2, -0.15) is 0 Å². The average Bonchev–Trinajstić information content (AvgIpc) is 2.68. The molecule has 0 bridgehead atoms. The van der Waals surface area contributed by atoms with Gasteiger partial charge in [-0.3, -0.25) is 0 Å². The standard InChI is InChI=1S/C25H33F/c1-3-5-7-9-21-14-15-23-18-22(16-17-24(23)25(21)26)20-12-10-19(11-13-20)8-6-4-2/h4,14-20H,2-3,5-13H2,1H3. The van der Waals surface area contributed by atoms with E-state index in [0.29, 0.717) is 5.92 Å². The van der Waals surface area contributed by atoms with E-state index < -0.39 is 0 Å². The molecule has 140 valence electrons. The van der Waals surface area contributed by atoms with E-state index in [1.54, 1.807) is 0 Å². The van der Waals surface area contributed by atoms with Crippen LogP contribution in [0.2, 0.25) is 0 Å². The van der Waals surface area contributed by atoms with E-state index in [1.165, 1.54) is 50.5 Å². The van der Waals surface area contributed by atoms with Crippen molar-refractivity contribution in [2.24, 2.45) is 5.92 Å². The molecule has 0 heterocycles. The summed E-state index contributed by atoms with van der Waals surface area (Å²) in [6, 6.07) is 10.6. The minimum atomic E-state index is -0.00159. The van der Waals surface area contributed by atoms with Gasteiger partial charge in [0.25, 0.3) is 0 Å². The van der Waals surface area contributed by atoms with Crippen molar-refractivity contribution < 1.29 is 4.39 Å².